The fraction of sp³-hybridized carbons (Fsp3) is 0.643. The van der Waals surface area contributed by atoms with Crippen LogP contribution in [0.4, 0.5) is 0 Å². The molecule has 0 bridgehead atoms. The van der Waals surface area contributed by atoms with E-state index in [0.29, 0.717) is 23.9 Å². The zero-order valence-corrected chi connectivity index (χ0v) is 11.9. The fourth-order valence-corrected chi connectivity index (χ4v) is 2.67. The summed E-state index contributed by atoms with van der Waals surface area (Å²) in [7, 11) is 0. The number of hydrogen-bond donors (Lipinski definition) is 2. The Balaban J connectivity index is 1.93. The lowest BCUT2D eigenvalue weighted by Gasteiger charge is -2.13. The molecular weight excluding hydrogens is 258 g/mol. The van der Waals surface area contributed by atoms with E-state index in [4.69, 9.17) is 10.2 Å². The number of nitrogens with zero attached hydrogens (tertiary/aromatic N) is 1. The predicted molar refractivity (Wildman–Crippen MR) is 72.9 cm³/mol. The first-order valence-corrected chi connectivity index (χ1v) is 7.04. The Labute approximate surface area is 118 Å². The van der Waals surface area contributed by atoms with E-state index in [9.17, 15) is 9.59 Å². The molecule has 0 radical (unpaired) electrons. The summed E-state index contributed by atoms with van der Waals surface area (Å²) in [6.45, 7) is 3.43. The van der Waals surface area contributed by atoms with Crippen molar-refractivity contribution in [2.45, 2.75) is 52.0 Å². The molecular formula is C14H21N3O3. The first-order chi connectivity index (χ1) is 9.47. The largest absolute Gasteiger partial charge is 0.433 e. The Hall–Kier alpha value is -1.85. The highest BCUT2D eigenvalue weighted by molar-refractivity contribution is 5.90. The number of aromatic nitrogens is 1. The van der Waals surface area contributed by atoms with Gasteiger partial charge in [0, 0.05) is 6.42 Å². The van der Waals surface area contributed by atoms with E-state index in [1.165, 1.54) is 12.8 Å². The van der Waals surface area contributed by atoms with E-state index in [2.05, 4.69) is 10.3 Å². The summed E-state index contributed by atoms with van der Waals surface area (Å²) in [6, 6.07) is -0.365. The molecule has 1 aliphatic carbocycles. The molecule has 1 heterocycles. The summed E-state index contributed by atoms with van der Waals surface area (Å²) in [6.07, 6.45) is 5.24. The second-order valence-electron chi connectivity index (χ2n) is 5.47. The number of rotatable bonds is 5. The molecule has 1 saturated carbocycles. The van der Waals surface area contributed by atoms with Crippen LogP contribution in [0.3, 0.4) is 0 Å². The molecule has 2 rings (SSSR count). The summed E-state index contributed by atoms with van der Waals surface area (Å²) in [5.41, 5.74) is 5.63. The van der Waals surface area contributed by atoms with Crippen LogP contribution < -0.4 is 11.1 Å². The number of oxazole rings is 1. The van der Waals surface area contributed by atoms with Gasteiger partial charge in [-0.1, -0.05) is 12.8 Å². The lowest BCUT2D eigenvalue weighted by Crippen LogP contribution is -2.28. The number of nitrogens with one attached hydrogen (secondary N) is 1. The third-order valence-electron chi connectivity index (χ3n) is 3.73. The highest BCUT2D eigenvalue weighted by atomic mass is 16.4. The van der Waals surface area contributed by atoms with E-state index in [1.54, 1.807) is 13.8 Å². The van der Waals surface area contributed by atoms with Crippen molar-refractivity contribution in [1.82, 2.24) is 10.3 Å². The van der Waals surface area contributed by atoms with Gasteiger partial charge in [0.25, 0.3) is 5.91 Å². The molecule has 0 saturated heterocycles. The third kappa shape index (κ3) is 3.37. The van der Waals surface area contributed by atoms with Crippen molar-refractivity contribution in [2.75, 3.05) is 0 Å². The highest BCUT2D eigenvalue weighted by Gasteiger charge is 2.22. The molecule has 1 aliphatic rings. The molecule has 110 valence electrons. The number of carbonyl (C=O) groups excluding carboxylic acids is 2. The van der Waals surface area contributed by atoms with Gasteiger partial charge in [-0.3, -0.25) is 9.59 Å². The maximum atomic E-state index is 11.9. The molecule has 6 heteroatoms. The highest BCUT2D eigenvalue weighted by Crippen LogP contribution is 2.27. The topological polar surface area (TPSA) is 98.2 Å². The van der Waals surface area contributed by atoms with Crippen molar-refractivity contribution in [3.05, 3.63) is 17.3 Å². The number of amides is 2. The van der Waals surface area contributed by atoms with Gasteiger partial charge in [-0.15, -0.1) is 0 Å². The Morgan fingerprint density at radius 2 is 2.10 bits per heavy atom. The minimum absolute atomic E-state index is 0.000813. The van der Waals surface area contributed by atoms with Crippen LogP contribution in [0.5, 0.6) is 0 Å². The molecule has 0 unspecified atom stereocenters. The van der Waals surface area contributed by atoms with Crippen molar-refractivity contribution in [3.63, 3.8) is 0 Å². The van der Waals surface area contributed by atoms with Gasteiger partial charge in [0.15, 0.2) is 0 Å². The zero-order valence-electron chi connectivity index (χ0n) is 11.9. The Kier molecular flexibility index (Phi) is 4.42. The molecule has 0 aliphatic heterocycles. The number of hydrogen-bond acceptors (Lipinski definition) is 4. The summed E-state index contributed by atoms with van der Waals surface area (Å²) in [4.78, 5) is 27.2. The number of primary amides is 1. The molecule has 1 aromatic rings. The van der Waals surface area contributed by atoms with Crippen LogP contribution in [0.25, 0.3) is 0 Å². The van der Waals surface area contributed by atoms with E-state index in [1.807, 2.05) is 0 Å². The molecule has 0 spiro atoms. The molecule has 6 nitrogen and oxygen atoms in total. The minimum Gasteiger partial charge on any atom is -0.433 e. The summed E-state index contributed by atoms with van der Waals surface area (Å²) >= 11 is 0. The smallest absolute Gasteiger partial charge is 0.286 e. The Morgan fingerprint density at radius 1 is 1.45 bits per heavy atom. The van der Waals surface area contributed by atoms with Crippen molar-refractivity contribution < 1.29 is 14.0 Å². The van der Waals surface area contributed by atoms with E-state index in [-0.39, 0.29) is 17.7 Å². The SMILES string of the molecule is Cc1nc([C@H](C)NC(=O)CC2CCCC2)oc1C(N)=O. The molecule has 1 atom stereocenters. The molecule has 2 amide bonds. The molecule has 1 fully saturated rings. The van der Waals surface area contributed by atoms with Crippen LogP contribution >= 0.6 is 0 Å². The van der Waals surface area contributed by atoms with Gasteiger partial charge in [-0.05, 0) is 32.6 Å². The second-order valence-corrected chi connectivity index (χ2v) is 5.47. The van der Waals surface area contributed by atoms with Gasteiger partial charge >= 0.3 is 0 Å². The van der Waals surface area contributed by atoms with Gasteiger partial charge in [0.2, 0.25) is 17.6 Å². The lowest BCUT2D eigenvalue weighted by molar-refractivity contribution is -0.122. The Bertz CT molecular complexity index is 504. The van der Waals surface area contributed by atoms with Crippen LogP contribution in [-0.2, 0) is 4.79 Å². The van der Waals surface area contributed by atoms with Crippen LogP contribution in [0, 0.1) is 12.8 Å². The average Bonchev–Trinajstić information content (AvgIpc) is 2.98. The van der Waals surface area contributed by atoms with E-state index in [0.717, 1.165) is 12.8 Å². The zero-order chi connectivity index (χ0) is 14.7. The first kappa shape index (κ1) is 14.6. The number of carbonyl (C=O) groups is 2. The van der Waals surface area contributed by atoms with Crippen LogP contribution in [0.2, 0.25) is 0 Å². The standard InChI is InChI=1S/C14H21N3O3/c1-8-12(13(15)19)20-14(17-8)9(2)16-11(18)7-10-5-3-4-6-10/h9-10H,3-7H2,1-2H3,(H2,15,19)(H,16,18)/t9-/m0/s1. The van der Waals surface area contributed by atoms with Crippen molar-refractivity contribution >= 4 is 11.8 Å². The average molecular weight is 279 g/mol. The minimum atomic E-state index is -0.647. The molecule has 20 heavy (non-hydrogen) atoms. The third-order valence-corrected chi connectivity index (χ3v) is 3.73. The maximum Gasteiger partial charge on any atom is 0.286 e. The van der Waals surface area contributed by atoms with Crippen LogP contribution in [0.15, 0.2) is 4.42 Å². The van der Waals surface area contributed by atoms with Gasteiger partial charge in [0.05, 0.1) is 5.69 Å². The van der Waals surface area contributed by atoms with Gasteiger partial charge in [-0.2, -0.15) is 0 Å². The van der Waals surface area contributed by atoms with E-state index < -0.39 is 5.91 Å². The molecule has 1 aromatic heterocycles. The number of nitrogens with two attached hydrogens (primary N) is 1. The fourth-order valence-electron chi connectivity index (χ4n) is 2.67. The normalized spacial score (nSPS) is 17.1. The van der Waals surface area contributed by atoms with Crippen LogP contribution in [-0.4, -0.2) is 16.8 Å². The van der Waals surface area contributed by atoms with Crippen molar-refractivity contribution in [2.24, 2.45) is 11.7 Å². The Morgan fingerprint density at radius 3 is 2.65 bits per heavy atom. The summed E-state index contributed by atoms with van der Waals surface area (Å²) in [5.74, 6) is 0.217. The van der Waals surface area contributed by atoms with Crippen molar-refractivity contribution in [1.29, 1.82) is 0 Å². The first-order valence-electron chi connectivity index (χ1n) is 7.04. The van der Waals surface area contributed by atoms with Crippen molar-refractivity contribution in [3.8, 4) is 0 Å². The summed E-state index contributed by atoms with van der Waals surface area (Å²) < 4.78 is 5.31. The molecule has 0 aromatic carbocycles. The molecule has 3 N–H and O–H groups in total. The monoisotopic (exact) mass is 279 g/mol. The second kappa shape index (κ2) is 6.07. The van der Waals surface area contributed by atoms with Gasteiger partial charge < -0.3 is 15.5 Å². The van der Waals surface area contributed by atoms with Gasteiger partial charge in [-0.25, -0.2) is 4.98 Å². The van der Waals surface area contributed by atoms with E-state index >= 15 is 0 Å². The quantitative estimate of drug-likeness (QED) is 0.859. The predicted octanol–water partition coefficient (Wildman–Crippen LogP) is 1.84. The number of aryl methyl sites for hydroxylation is 1. The van der Waals surface area contributed by atoms with Crippen LogP contribution in [0.1, 0.15) is 67.2 Å². The summed E-state index contributed by atoms with van der Waals surface area (Å²) in [5, 5.41) is 2.86. The van der Waals surface area contributed by atoms with Gasteiger partial charge in [0.1, 0.15) is 6.04 Å². The lowest BCUT2D eigenvalue weighted by atomic mass is 10.0. The maximum absolute atomic E-state index is 11.9.